The number of pyridine rings is 1. The molecule has 0 bridgehead atoms. The second kappa shape index (κ2) is 7.68. The summed E-state index contributed by atoms with van der Waals surface area (Å²) in [6.45, 7) is 1.86. The minimum atomic E-state index is -0.710. The van der Waals surface area contributed by atoms with Gasteiger partial charge in [-0.05, 0) is 49.9 Å². The maximum Gasteiger partial charge on any atom is 0.261 e. The van der Waals surface area contributed by atoms with E-state index >= 15 is 0 Å². The zero-order chi connectivity index (χ0) is 19.7. The van der Waals surface area contributed by atoms with E-state index in [1.165, 1.54) is 5.56 Å². The molecule has 5 nitrogen and oxygen atoms in total. The van der Waals surface area contributed by atoms with Crippen LogP contribution in [0.15, 0.2) is 47.3 Å². The summed E-state index contributed by atoms with van der Waals surface area (Å²) >= 11 is 6.23. The third-order valence-corrected chi connectivity index (χ3v) is 5.45. The van der Waals surface area contributed by atoms with Gasteiger partial charge in [0, 0.05) is 33.6 Å². The van der Waals surface area contributed by atoms with Crippen molar-refractivity contribution in [1.82, 2.24) is 10.3 Å². The van der Waals surface area contributed by atoms with E-state index in [1.807, 2.05) is 30.3 Å². The van der Waals surface area contributed by atoms with Gasteiger partial charge in [-0.1, -0.05) is 35.9 Å². The molecule has 1 aliphatic rings. The zero-order valence-corrected chi connectivity index (χ0v) is 16.3. The maximum atomic E-state index is 12.5. The number of hydrogen-bond donors (Lipinski definition) is 2. The molecule has 0 fully saturated rings. The third-order valence-electron chi connectivity index (χ3n) is 5.12. The lowest BCUT2D eigenvalue weighted by molar-refractivity contribution is -0.127. The number of rotatable bonds is 5. The number of halogens is 1. The van der Waals surface area contributed by atoms with Crippen molar-refractivity contribution in [2.75, 3.05) is 0 Å². The normalized spacial score (nSPS) is 13.9. The number of aromatic nitrogens is 1. The molecule has 0 spiro atoms. The van der Waals surface area contributed by atoms with Crippen LogP contribution < -0.4 is 15.6 Å². The molecule has 0 saturated carbocycles. The predicted octanol–water partition coefficient (Wildman–Crippen LogP) is 3.75. The van der Waals surface area contributed by atoms with E-state index in [1.54, 1.807) is 19.1 Å². The monoisotopic (exact) mass is 396 g/mol. The van der Waals surface area contributed by atoms with Gasteiger partial charge in [-0.2, -0.15) is 0 Å². The first kappa shape index (κ1) is 18.6. The second-order valence-electron chi connectivity index (χ2n) is 7.05. The van der Waals surface area contributed by atoms with Gasteiger partial charge in [0.05, 0.1) is 0 Å². The van der Waals surface area contributed by atoms with E-state index < -0.39 is 6.10 Å². The minimum Gasteiger partial charge on any atom is -0.480 e. The number of carbonyl (C=O) groups excluding carboxylic acids is 1. The Hall–Kier alpha value is -2.79. The Bertz CT molecular complexity index is 1110. The van der Waals surface area contributed by atoms with Crippen molar-refractivity contribution in [2.24, 2.45) is 0 Å². The molecule has 1 aliphatic carbocycles. The highest BCUT2D eigenvalue weighted by Crippen LogP contribution is 2.31. The molecular formula is C22H21ClN2O3. The summed E-state index contributed by atoms with van der Waals surface area (Å²) in [5.41, 5.74) is 2.61. The van der Waals surface area contributed by atoms with Crippen LogP contribution in [0.25, 0.3) is 10.8 Å². The van der Waals surface area contributed by atoms with Crippen molar-refractivity contribution < 1.29 is 9.53 Å². The summed E-state index contributed by atoms with van der Waals surface area (Å²) in [4.78, 5) is 27.6. The van der Waals surface area contributed by atoms with Gasteiger partial charge in [-0.15, -0.1) is 0 Å². The molecule has 1 aromatic heterocycles. The number of carbonyl (C=O) groups is 1. The smallest absolute Gasteiger partial charge is 0.261 e. The van der Waals surface area contributed by atoms with Crippen molar-refractivity contribution in [3.63, 3.8) is 0 Å². The fourth-order valence-electron chi connectivity index (χ4n) is 3.60. The van der Waals surface area contributed by atoms with Gasteiger partial charge < -0.3 is 15.0 Å². The van der Waals surface area contributed by atoms with Crippen LogP contribution in [0.1, 0.15) is 30.2 Å². The topological polar surface area (TPSA) is 71.2 Å². The number of H-pyrrole nitrogens is 1. The molecular weight excluding hydrogens is 376 g/mol. The van der Waals surface area contributed by atoms with Crippen LogP contribution >= 0.6 is 11.6 Å². The summed E-state index contributed by atoms with van der Waals surface area (Å²) in [7, 11) is 0. The summed E-state index contributed by atoms with van der Waals surface area (Å²) in [5, 5.41) is 5.16. The molecule has 4 rings (SSSR count). The molecule has 144 valence electrons. The Balaban J connectivity index is 1.45. The highest BCUT2D eigenvalue weighted by Gasteiger charge is 2.18. The van der Waals surface area contributed by atoms with E-state index in [0.29, 0.717) is 16.3 Å². The van der Waals surface area contributed by atoms with Gasteiger partial charge in [0.15, 0.2) is 6.10 Å². The van der Waals surface area contributed by atoms with Crippen LogP contribution in [0, 0.1) is 0 Å². The van der Waals surface area contributed by atoms with Gasteiger partial charge in [0.25, 0.3) is 11.5 Å². The zero-order valence-electron chi connectivity index (χ0n) is 15.5. The number of fused-ring (bicyclic) bond motifs is 2. The molecule has 28 heavy (non-hydrogen) atoms. The summed E-state index contributed by atoms with van der Waals surface area (Å²) in [6.07, 6.45) is 2.23. The molecule has 2 aromatic carbocycles. The van der Waals surface area contributed by atoms with Gasteiger partial charge in [-0.3, -0.25) is 9.59 Å². The molecule has 0 unspecified atom stereocenters. The lowest BCUT2D eigenvalue weighted by atomic mass is 10.1. The molecule has 2 N–H and O–H groups in total. The van der Waals surface area contributed by atoms with Crippen molar-refractivity contribution in [3.05, 3.63) is 74.7 Å². The molecule has 1 heterocycles. The van der Waals surface area contributed by atoms with Crippen LogP contribution in [-0.2, 0) is 24.2 Å². The molecule has 1 atom stereocenters. The minimum absolute atomic E-state index is 0.141. The maximum absolute atomic E-state index is 12.5. The summed E-state index contributed by atoms with van der Waals surface area (Å²) in [5.74, 6) is 0.317. The van der Waals surface area contributed by atoms with Crippen LogP contribution in [0.4, 0.5) is 0 Å². The molecule has 0 saturated heterocycles. The van der Waals surface area contributed by atoms with Crippen LogP contribution in [-0.4, -0.2) is 17.0 Å². The molecule has 0 aliphatic heterocycles. The van der Waals surface area contributed by atoms with E-state index in [9.17, 15) is 9.59 Å². The van der Waals surface area contributed by atoms with Gasteiger partial charge in [0.1, 0.15) is 5.75 Å². The summed E-state index contributed by atoms with van der Waals surface area (Å²) in [6, 6.07) is 13.0. The van der Waals surface area contributed by atoms with Crippen molar-refractivity contribution >= 4 is 28.3 Å². The fraction of sp³-hybridized carbons (Fsp3) is 0.273. The first-order valence-electron chi connectivity index (χ1n) is 9.38. The Kier molecular flexibility index (Phi) is 5.09. The van der Waals surface area contributed by atoms with Crippen LogP contribution in [0.5, 0.6) is 5.75 Å². The Morgan fingerprint density at radius 1 is 1.21 bits per heavy atom. The number of benzene rings is 2. The second-order valence-corrected chi connectivity index (χ2v) is 7.46. The lowest BCUT2D eigenvalue weighted by Crippen LogP contribution is -2.37. The van der Waals surface area contributed by atoms with E-state index in [0.717, 1.165) is 35.7 Å². The first-order chi connectivity index (χ1) is 13.5. The molecule has 0 radical (unpaired) electrons. The summed E-state index contributed by atoms with van der Waals surface area (Å²) < 4.78 is 5.88. The fourth-order valence-corrected chi connectivity index (χ4v) is 3.83. The number of amides is 1. The number of hydrogen-bond acceptors (Lipinski definition) is 3. The van der Waals surface area contributed by atoms with E-state index in [2.05, 4.69) is 10.3 Å². The van der Waals surface area contributed by atoms with Gasteiger partial charge >= 0.3 is 0 Å². The van der Waals surface area contributed by atoms with E-state index in [-0.39, 0.29) is 18.0 Å². The number of aromatic amines is 1. The molecule has 1 amide bonds. The van der Waals surface area contributed by atoms with Crippen molar-refractivity contribution in [1.29, 1.82) is 0 Å². The number of ether oxygens (including phenoxy) is 1. The van der Waals surface area contributed by atoms with Crippen LogP contribution in [0.2, 0.25) is 5.02 Å². The van der Waals surface area contributed by atoms with Crippen LogP contribution in [0.3, 0.4) is 0 Å². The third kappa shape index (κ3) is 3.62. The highest BCUT2D eigenvalue weighted by atomic mass is 35.5. The lowest BCUT2D eigenvalue weighted by Gasteiger charge is -2.16. The van der Waals surface area contributed by atoms with Crippen molar-refractivity contribution in [2.45, 2.75) is 38.8 Å². The Morgan fingerprint density at radius 2 is 2.00 bits per heavy atom. The van der Waals surface area contributed by atoms with Gasteiger partial charge in [0.2, 0.25) is 0 Å². The SMILES string of the molecule is C[C@H](Oc1ccc(Cl)c2ccccc12)C(=O)NCc1cc2c([nH]c1=O)CCC2. The standard InChI is InChI=1S/C22H21ClN2O3/c1-13(28-20-10-9-18(23)16-6-2-3-7-17(16)20)21(26)24-12-15-11-14-5-4-8-19(14)25-22(15)27/h2-3,6-7,9-11,13H,4-5,8,12H2,1H3,(H,24,26)(H,25,27)/t13-/m0/s1. The first-order valence-corrected chi connectivity index (χ1v) is 9.76. The average Bonchev–Trinajstić information content (AvgIpc) is 3.15. The average molecular weight is 397 g/mol. The molecule has 6 heteroatoms. The predicted molar refractivity (Wildman–Crippen MR) is 110 cm³/mol. The number of nitrogens with one attached hydrogen (secondary N) is 2. The Morgan fingerprint density at radius 3 is 2.82 bits per heavy atom. The van der Waals surface area contributed by atoms with Gasteiger partial charge in [-0.25, -0.2) is 0 Å². The number of aryl methyl sites for hydroxylation is 2. The molecule has 3 aromatic rings. The van der Waals surface area contributed by atoms with E-state index in [4.69, 9.17) is 16.3 Å². The highest BCUT2D eigenvalue weighted by molar-refractivity contribution is 6.35. The largest absolute Gasteiger partial charge is 0.480 e. The van der Waals surface area contributed by atoms with Crippen molar-refractivity contribution in [3.8, 4) is 5.75 Å². The quantitative estimate of drug-likeness (QED) is 0.689. The Labute approximate surface area is 167 Å².